The van der Waals surface area contributed by atoms with Gasteiger partial charge in [-0.3, -0.25) is 4.79 Å². The van der Waals surface area contributed by atoms with Gasteiger partial charge in [-0.1, -0.05) is 13.8 Å². The SMILES string of the molecule is CCC(C)(CC(C)(C)N)C(=O)NC. The largest absolute Gasteiger partial charge is 0.359 e. The topological polar surface area (TPSA) is 55.1 Å². The summed E-state index contributed by atoms with van der Waals surface area (Å²) in [4.78, 5) is 11.6. The van der Waals surface area contributed by atoms with Gasteiger partial charge in [-0.25, -0.2) is 0 Å². The van der Waals surface area contributed by atoms with Gasteiger partial charge in [-0.15, -0.1) is 0 Å². The van der Waals surface area contributed by atoms with Crippen LogP contribution in [0.4, 0.5) is 0 Å². The Kier molecular flexibility index (Phi) is 3.91. The third-order valence-electron chi connectivity index (χ3n) is 2.40. The first-order valence-corrected chi connectivity index (χ1v) is 4.76. The Morgan fingerprint density at radius 1 is 1.38 bits per heavy atom. The highest BCUT2D eigenvalue weighted by atomic mass is 16.2. The van der Waals surface area contributed by atoms with Crippen molar-refractivity contribution in [2.75, 3.05) is 7.05 Å². The van der Waals surface area contributed by atoms with Gasteiger partial charge in [-0.05, 0) is 26.7 Å². The monoisotopic (exact) mass is 186 g/mol. The molecule has 0 aliphatic rings. The van der Waals surface area contributed by atoms with Crippen molar-refractivity contribution in [1.29, 1.82) is 0 Å². The van der Waals surface area contributed by atoms with Gasteiger partial charge in [0.15, 0.2) is 0 Å². The summed E-state index contributed by atoms with van der Waals surface area (Å²) in [5.74, 6) is 0.0773. The van der Waals surface area contributed by atoms with Gasteiger partial charge in [-0.2, -0.15) is 0 Å². The van der Waals surface area contributed by atoms with E-state index in [-0.39, 0.29) is 16.9 Å². The maximum absolute atomic E-state index is 11.6. The van der Waals surface area contributed by atoms with Crippen LogP contribution in [0.5, 0.6) is 0 Å². The molecule has 1 amide bonds. The van der Waals surface area contributed by atoms with E-state index >= 15 is 0 Å². The van der Waals surface area contributed by atoms with Crippen molar-refractivity contribution >= 4 is 5.91 Å². The molecule has 0 radical (unpaired) electrons. The molecule has 3 nitrogen and oxygen atoms in total. The Morgan fingerprint density at radius 2 is 1.85 bits per heavy atom. The average Bonchev–Trinajstić information content (AvgIpc) is 1.99. The van der Waals surface area contributed by atoms with E-state index in [1.165, 1.54) is 0 Å². The maximum atomic E-state index is 11.6. The molecule has 3 heteroatoms. The number of amides is 1. The van der Waals surface area contributed by atoms with E-state index in [0.717, 1.165) is 6.42 Å². The van der Waals surface area contributed by atoms with Crippen LogP contribution in [0.1, 0.15) is 40.5 Å². The van der Waals surface area contributed by atoms with E-state index in [9.17, 15) is 4.79 Å². The highest BCUT2D eigenvalue weighted by molar-refractivity contribution is 5.81. The molecule has 13 heavy (non-hydrogen) atoms. The molecular formula is C10H22N2O. The fraction of sp³-hybridized carbons (Fsp3) is 0.900. The van der Waals surface area contributed by atoms with Crippen molar-refractivity contribution in [1.82, 2.24) is 5.32 Å². The Labute approximate surface area is 81.1 Å². The highest BCUT2D eigenvalue weighted by Crippen LogP contribution is 2.30. The van der Waals surface area contributed by atoms with Gasteiger partial charge >= 0.3 is 0 Å². The third kappa shape index (κ3) is 3.77. The van der Waals surface area contributed by atoms with E-state index in [0.29, 0.717) is 6.42 Å². The number of hydrogen-bond donors (Lipinski definition) is 2. The lowest BCUT2D eigenvalue weighted by molar-refractivity contribution is -0.131. The molecule has 0 fully saturated rings. The van der Waals surface area contributed by atoms with Crippen molar-refractivity contribution < 1.29 is 4.79 Å². The van der Waals surface area contributed by atoms with Crippen LogP contribution in [0.15, 0.2) is 0 Å². The van der Waals surface area contributed by atoms with Gasteiger partial charge in [0.05, 0.1) is 0 Å². The lowest BCUT2D eigenvalue weighted by Crippen LogP contribution is -2.45. The van der Waals surface area contributed by atoms with Crippen LogP contribution in [0.2, 0.25) is 0 Å². The predicted octanol–water partition coefficient (Wildman–Crippen LogP) is 1.28. The summed E-state index contributed by atoms with van der Waals surface area (Å²) in [5.41, 5.74) is 5.27. The van der Waals surface area contributed by atoms with Crippen LogP contribution in [-0.2, 0) is 4.79 Å². The minimum atomic E-state index is -0.340. The molecule has 3 N–H and O–H groups in total. The predicted molar refractivity (Wildman–Crippen MR) is 55.3 cm³/mol. The lowest BCUT2D eigenvalue weighted by Gasteiger charge is -2.33. The average molecular weight is 186 g/mol. The third-order valence-corrected chi connectivity index (χ3v) is 2.40. The van der Waals surface area contributed by atoms with Gasteiger partial charge < -0.3 is 11.1 Å². The van der Waals surface area contributed by atoms with Crippen LogP contribution in [0.25, 0.3) is 0 Å². The summed E-state index contributed by atoms with van der Waals surface area (Å²) < 4.78 is 0. The summed E-state index contributed by atoms with van der Waals surface area (Å²) >= 11 is 0. The summed E-state index contributed by atoms with van der Waals surface area (Å²) in [7, 11) is 1.67. The molecule has 0 heterocycles. The molecule has 0 aromatic heterocycles. The molecular weight excluding hydrogens is 164 g/mol. The van der Waals surface area contributed by atoms with Crippen LogP contribution in [0.3, 0.4) is 0 Å². The Balaban J connectivity index is 4.55. The van der Waals surface area contributed by atoms with Crippen molar-refractivity contribution in [3.05, 3.63) is 0 Å². The second kappa shape index (κ2) is 4.09. The van der Waals surface area contributed by atoms with Crippen LogP contribution in [0, 0.1) is 5.41 Å². The fourth-order valence-electron chi connectivity index (χ4n) is 1.67. The van der Waals surface area contributed by atoms with Gasteiger partial charge in [0.2, 0.25) is 5.91 Å². The molecule has 0 rings (SSSR count). The summed E-state index contributed by atoms with van der Waals surface area (Å²) in [6.07, 6.45) is 1.52. The molecule has 1 unspecified atom stereocenters. The molecule has 0 bridgehead atoms. The second-order valence-electron chi connectivity index (χ2n) is 4.66. The zero-order chi connectivity index (χ0) is 10.7. The van der Waals surface area contributed by atoms with Crippen LogP contribution < -0.4 is 11.1 Å². The van der Waals surface area contributed by atoms with Gasteiger partial charge in [0.1, 0.15) is 0 Å². The van der Waals surface area contributed by atoms with E-state index in [4.69, 9.17) is 5.73 Å². The number of rotatable bonds is 4. The molecule has 1 atom stereocenters. The summed E-state index contributed by atoms with van der Waals surface area (Å²) in [6, 6.07) is 0. The minimum Gasteiger partial charge on any atom is -0.359 e. The standard InChI is InChI=1S/C10H22N2O/c1-6-10(4,8(13)12-5)7-9(2,3)11/h6-7,11H2,1-5H3,(H,12,13). The number of nitrogens with one attached hydrogen (secondary N) is 1. The Morgan fingerprint density at radius 3 is 2.08 bits per heavy atom. The first kappa shape index (κ1) is 12.4. The van der Waals surface area contributed by atoms with E-state index in [2.05, 4.69) is 5.32 Å². The first-order valence-electron chi connectivity index (χ1n) is 4.76. The lowest BCUT2D eigenvalue weighted by atomic mass is 9.76. The van der Waals surface area contributed by atoms with E-state index < -0.39 is 0 Å². The quantitative estimate of drug-likeness (QED) is 0.695. The van der Waals surface area contributed by atoms with Gasteiger partial charge in [0, 0.05) is 18.0 Å². The van der Waals surface area contributed by atoms with E-state index in [1.54, 1.807) is 7.05 Å². The molecule has 0 aliphatic carbocycles. The zero-order valence-corrected chi connectivity index (χ0v) is 9.40. The maximum Gasteiger partial charge on any atom is 0.225 e. The number of carbonyl (C=O) groups is 1. The Hall–Kier alpha value is -0.570. The Bertz CT molecular complexity index is 184. The van der Waals surface area contributed by atoms with Crippen LogP contribution in [-0.4, -0.2) is 18.5 Å². The molecule has 0 aromatic rings. The van der Waals surface area contributed by atoms with Gasteiger partial charge in [0.25, 0.3) is 0 Å². The molecule has 0 aromatic carbocycles. The molecule has 0 aliphatic heterocycles. The highest BCUT2D eigenvalue weighted by Gasteiger charge is 2.34. The van der Waals surface area contributed by atoms with Crippen LogP contribution >= 0.6 is 0 Å². The molecule has 78 valence electrons. The number of nitrogens with two attached hydrogens (primary N) is 1. The van der Waals surface area contributed by atoms with Crippen molar-refractivity contribution in [2.45, 2.75) is 46.1 Å². The zero-order valence-electron chi connectivity index (χ0n) is 9.40. The minimum absolute atomic E-state index is 0.0773. The number of hydrogen-bond acceptors (Lipinski definition) is 2. The van der Waals surface area contributed by atoms with Crippen molar-refractivity contribution in [2.24, 2.45) is 11.1 Å². The molecule has 0 saturated heterocycles. The second-order valence-corrected chi connectivity index (χ2v) is 4.66. The fourth-order valence-corrected chi connectivity index (χ4v) is 1.67. The molecule has 0 saturated carbocycles. The van der Waals surface area contributed by atoms with Crippen molar-refractivity contribution in [3.63, 3.8) is 0 Å². The molecule has 0 spiro atoms. The normalized spacial score (nSPS) is 16.5. The van der Waals surface area contributed by atoms with E-state index in [1.807, 2.05) is 27.7 Å². The summed E-state index contributed by atoms with van der Waals surface area (Å²) in [6.45, 7) is 7.87. The van der Waals surface area contributed by atoms with Crippen molar-refractivity contribution in [3.8, 4) is 0 Å². The number of carbonyl (C=O) groups excluding carboxylic acids is 1. The summed E-state index contributed by atoms with van der Waals surface area (Å²) in [5, 5.41) is 2.68. The smallest absolute Gasteiger partial charge is 0.225 e. The first-order chi connectivity index (χ1) is 5.75.